The minimum absolute atomic E-state index is 0.116. The van der Waals surface area contributed by atoms with E-state index in [0.717, 1.165) is 40.4 Å². The molecular weight excluding hydrogens is 324 g/mol. The molecule has 0 aliphatic carbocycles. The van der Waals surface area contributed by atoms with Crippen molar-refractivity contribution in [3.63, 3.8) is 0 Å². The van der Waals surface area contributed by atoms with E-state index in [2.05, 4.69) is 27.5 Å². The summed E-state index contributed by atoms with van der Waals surface area (Å²) in [6, 6.07) is 15.3. The molecule has 0 spiro atoms. The normalized spacial score (nSPS) is 10.4. The van der Waals surface area contributed by atoms with Gasteiger partial charge in [0.15, 0.2) is 0 Å². The summed E-state index contributed by atoms with van der Waals surface area (Å²) in [7, 11) is 0. The van der Waals surface area contributed by atoms with Crippen molar-refractivity contribution in [1.29, 1.82) is 0 Å². The zero-order valence-corrected chi connectivity index (χ0v) is 15.2. The largest absolute Gasteiger partial charge is 0.340 e. The summed E-state index contributed by atoms with van der Waals surface area (Å²) in [6.45, 7) is 5.99. The number of amides is 1. The Bertz CT molecular complexity index is 920. The van der Waals surface area contributed by atoms with E-state index >= 15 is 0 Å². The van der Waals surface area contributed by atoms with Gasteiger partial charge < -0.3 is 10.6 Å². The second-order valence-corrected chi connectivity index (χ2v) is 6.22. The van der Waals surface area contributed by atoms with Crippen molar-refractivity contribution >= 4 is 23.1 Å². The van der Waals surface area contributed by atoms with Crippen LogP contribution in [0.25, 0.3) is 0 Å². The maximum Gasteiger partial charge on any atom is 0.255 e. The quantitative estimate of drug-likeness (QED) is 0.705. The van der Waals surface area contributed by atoms with Gasteiger partial charge in [0.2, 0.25) is 0 Å². The molecule has 0 bridgehead atoms. The van der Waals surface area contributed by atoms with Crippen LogP contribution in [0.2, 0.25) is 0 Å². The number of hydrogen-bond acceptors (Lipinski definition) is 4. The zero-order valence-electron chi connectivity index (χ0n) is 15.2. The van der Waals surface area contributed by atoms with Crippen molar-refractivity contribution in [3.8, 4) is 0 Å². The number of nitrogens with zero attached hydrogens (tertiary/aromatic N) is 2. The van der Waals surface area contributed by atoms with Crippen molar-refractivity contribution in [1.82, 2.24) is 9.97 Å². The number of nitrogens with one attached hydrogen (secondary N) is 2. The Kier molecular flexibility index (Phi) is 5.27. The van der Waals surface area contributed by atoms with Gasteiger partial charge in [-0.15, -0.1) is 0 Å². The standard InChI is InChI=1S/C21H22N4O/c1-4-16-9-10-18(24-20-11-15(3)22-13-23-20)12-19(16)25-21(26)17-7-5-14(2)6-8-17/h5-13H,4H2,1-3H3,(H,25,26)(H,22,23,24). The Hall–Kier alpha value is -3.21. The molecule has 1 amide bonds. The molecule has 132 valence electrons. The van der Waals surface area contributed by atoms with E-state index in [1.165, 1.54) is 6.33 Å². The van der Waals surface area contributed by atoms with E-state index in [4.69, 9.17) is 0 Å². The summed E-state index contributed by atoms with van der Waals surface area (Å²) in [5.41, 5.74) is 5.40. The van der Waals surface area contributed by atoms with Crippen LogP contribution in [-0.4, -0.2) is 15.9 Å². The van der Waals surface area contributed by atoms with Crippen LogP contribution in [0.15, 0.2) is 54.9 Å². The van der Waals surface area contributed by atoms with E-state index in [1.807, 2.05) is 62.4 Å². The predicted octanol–water partition coefficient (Wildman–Crippen LogP) is 4.65. The first kappa shape index (κ1) is 17.6. The van der Waals surface area contributed by atoms with E-state index in [0.29, 0.717) is 5.56 Å². The number of carbonyl (C=O) groups excluding carboxylic acids is 1. The topological polar surface area (TPSA) is 66.9 Å². The zero-order chi connectivity index (χ0) is 18.5. The Morgan fingerprint density at radius 1 is 1.00 bits per heavy atom. The van der Waals surface area contributed by atoms with Gasteiger partial charge in [0.05, 0.1) is 0 Å². The van der Waals surface area contributed by atoms with Crippen molar-refractivity contribution < 1.29 is 4.79 Å². The molecule has 0 radical (unpaired) electrons. The molecule has 0 aliphatic rings. The lowest BCUT2D eigenvalue weighted by molar-refractivity contribution is 0.102. The highest BCUT2D eigenvalue weighted by atomic mass is 16.1. The summed E-state index contributed by atoms with van der Waals surface area (Å²) in [6.07, 6.45) is 2.36. The molecule has 1 heterocycles. The molecule has 1 aromatic heterocycles. The Balaban J connectivity index is 1.83. The molecule has 0 aliphatic heterocycles. The van der Waals surface area contributed by atoms with Gasteiger partial charge in [0.1, 0.15) is 12.1 Å². The van der Waals surface area contributed by atoms with Crippen molar-refractivity contribution in [2.24, 2.45) is 0 Å². The summed E-state index contributed by atoms with van der Waals surface area (Å²) >= 11 is 0. The lowest BCUT2D eigenvalue weighted by Gasteiger charge is -2.13. The van der Waals surface area contributed by atoms with E-state index in [9.17, 15) is 4.79 Å². The van der Waals surface area contributed by atoms with E-state index in [1.54, 1.807) is 0 Å². The van der Waals surface area contributed by atoms with Gasteiger partial charge in [-0.25, -0.2) is 9.97 Å². The van der Waals surface area contributed by atoms with Gasteiger partial charge in [0.25, 0.3) is 5.91 Å². The second kappa shape index (κ2) is 7.78. The van der Waals surface area contributed by atoms with E-state index in [-0.39, 0.29) is 5.91 Å². The minimum atomic E-state index is -0.116. The fourth-order valence-corrected chi connectivity index (χ4v) is 2.65. The SMILES string of the molecule is CCc1ccc(Nc2cc(C)ncn2)cc1NC(=O)c1ccc(C)cc1. The molecule has 2 aromatic carbocycles. The molecule has 0 unspecified atom stereocenters. The molecule has 0 saturated carbocycles. The average Bonchev–Trinajstić information content (AvgIpc) is 2.62. The van der Waals surface area contributed by atoms with Gasteiger partial charge in [-0.05, 0) is 50.1 Å². The van der Waals surface area contributed by atoms with Crippen LogP contribution in [0.5, 0.6) is 0 Å². The number of anilines is 3. The van der Waals surface area contributed by atoms with Crippen molar-refractivity contribution in [2.75, 3.05) is 10.6 Å². The molecule has 5 heteroatoms. The molecule has 5 nitrogen and oxygen atoms in total. The lowest BCUT2D eigenvalue weighted by Crippen LogP contribution is -2.13. The van der Waals surface area contributed by atoms with Gasteiger partial charge in [-0.2, -0.15) is 0 Å². The van der Waals surface area contributed by atoms with Gasteiger partial charge >= 0.3 is 0 Å². The third-order valence-corrected chi connectivity index (χ3v) is 4.13. The number of carbonyl (C=O) groups is 1. The molecule has 0 atom stereocenters. The molecule has 0 saturated heterocycles. The first-order chi connectivity index (χ1) is 12.5. The smallest absolute Gasteiger partial charge is 0.255 e. The number of hydrogen-bond donors (Lipinski definition) is 2. The third kappa shape index (κ3) is 4.25. The number of aryl methyl sites for hydroxylation is 3. The first-order valence-corrected chi connectivity index (χ1v) is 8.62. The van der Waals surface area contributed by atoms with Crippen LogP contribution in [0.4, 0.5) is 17.2 Å². The molecule has 3 aromatic rings. The summed E-state index contributed by atoms with van der Waals surface area (Å²) in [5, 5.41) is 6.28. The van der Waals surface area contributed by atoms with Gasteiger partial charge in [-0.3, -0.25) is 4.79 Å². The maximum atomic E-state index is 12.6. The van der Waals surface area contributed by atoms with E-state index < -0.39 is 0 Å². The Labute approximate surface area is 153 Å². The molecule has 2 N–H and O–H groups in total. The lowest BCUT2D eigenvalue weighted by atomic mass is 10.1. The second-order valence-electron chi connectivity index (χ2n) is 6.22. The van der Waals surface area contributed by atoms with Crippen LogP contribution in [0, 0.1) is 13.8 Å². The van der Waals surface area contributed by atoms with Crippen LogP contribution in [0.1, 0.15) is 34.1 Å². The molecular formula is C21H22N4O. The monoisotopic (exact) mass is 346 g/mol. The number of aromatic nitrogens is 2. The van der Waals surface area contributed by atoms with Crippen LogP contribution < -0.4 is 10.6 Å². The van der Waals surface area contributed by atoms with Crippen LogP contribution in [-0.2, 0) is 6.42 Å². The highest BCUT2D eigenvalue weighted by molar-refractivity contribution is 6.05. The van der Waals surface area contributed by atoms with Crippen LogP contribution >= 0.6 is 0 Å². The summed E-state index contributed by atoms with van der Waals surface area (Å²) in [5.74, 6) is 0.604. The maximum absolute atomic E-state index is 12.6. The summed E-state index contributed by atoms with van der Waals surface area (Å²) < 4.78 is 0. The number of rotatable bonds is 5. The first-order valence-electron chi connectivity index (χ1n) is 8.62. The van der Waals surface area contributed by atoms with Crippen molar-refractivity contribution in [3.05, 3.63) is 77.2 Å². The molecule has 3 rings (SSSR count). The number of benzene rings is 2. The summed E-state index contributed by atoms with van der Waals surface area (Å²) in [4.78, 5) is 20.9. The Morgan fingerprint density at radius 2 is 1.77 bits per heavy atom. The fourth-order valence-electron chi connectivity index (χ4n) is 2.65. The van der Waals surface area contributed by atoms with Crippen molar-refractivity contribution in [2.45, 2.75) is 27.2 Å². The Morgan fingerprint density at radius 3 is 2.46 bits per heavy atom. The third-order valence-electron chi connectivity index (χ3n) is 4.13. The minimum Gasteiger partial charge on any atom is -0.340 e. The van der Waals surface area contributed by atoms with Gasteiger partial charge in [0, 0.05) is 28.7 Å². The highest BCUT2D eigenvalue weighted by Crippen LogP contribution is 2.24. The van der Waals surface area contributed by atoms with Crippen LogP contribution in [0.3, 0.4) is 0 Å². The highest BCUT2D eigenvalue weighted by Gasteiger charge is 2.10. The average molecular weight is 346 g/mol. The van der Waals surface area contributed by atoms with Gasteiger partial charge in [-0.1, -0.05) is 30.7 Å². The predicted molar refractivity (Wildman–Crippen MR) is 105 cm³/mol. The molecule has 26 heavy (non-hydrogen) atoms. The fraction of sp³-hybridized carbons (Fsp3) is 0.190. The molecule has 0 fully saturated rings.